The van der Waals surface area contributed by atoms with Crippen molar-refractivity contribution in [2.75, 3.05) is 13.7 Å². The molecule has 0 unspecified atom stereocenters. The van der Waals surface area contributed by atoms with Crippen LogP contribution < -0.4 is 4.74 Å². The highest BCUT2D eigenvalue weighted by Crippen LogP contribution is 2.57. The quantitative estimate of drug-likeness (QED) is 0.793. The predicted octanol–water partition coefficient (Wildman–Crippen LogP) is 3.85. The molecule has 1 fully saturated rings. The molecule has 1 aromatic rings. The van der Waals surface area contributed by atoms with E-state index in [2.05, 4.69) is 4.74 Å². The van der Waals surface area contributed by atoms with E-state index in [9.17, 15) is 18.0 Å². The first-order chi connectivity index (χ1) is 9.29. The summed E-state index contributed by atoms with van der Waals surface area (Å²) in [7, 11) is 1.22. The third-order valence-electron chi connectivity index (χ3n) is 3.31. The van der Waals surface area contributed by atoms with E-state index >= 15 is 0 Å². The molecule has 0 saturated heterocycles. The number of esters is 1. The van der Waals surface area contributed by atoms with Crippen molar-refractivity contribution < 1.29 is 27.4 Å². The van der Waals surface area contributed by atoms with Crippen LogP contribution in [-0.4, -0.2) is 25.9 Å². The second kappa shape index (κ2) is 5.16. The van der Waals surface area contributed by atoms with Crippen LogP contribution in [0.5, 0.6) is 5.75 Å². The molecule has 3 nitrogen and oxygen atoms in total. The van der Waals surface area contributed by atoms with Gasteiger partial charge < -0.3 is 9.47 Å². The van der Waals surface area contributed by atoms with Gasteiger partial charge in [-0.05, 0) is 31.0 Å². The summed E-state index contributed by atoms with van der Waals surface area (Å²) < 4.78 is 47.9. The summed E-state index contributed by atoms with van der Waals surface area (Å²) in [4.78, 5) is 11.3. The molecule has 0 bridgehead atoms. The number of halogens is 4. The third-order valence-corrected chi connectivity index (χ3v) is 3.61. The first-order valence-electron chi connectivity index (χ1n) is 5.86. The van der Waals surface area contributed by atoms with E-state index in [0.29, 0.717) is 0 Å². The van der Waals surface area contributed by atoms with Gasteiger partial charge in [0.15, 0.2) is 0 Å². The number of hydrogen-bond acceptors (Lipinski definition) is 3. The summed E-state index contributed by atoms with van der Waals surface area (Å²) in [5.41, 5.74) is -1.54. The fourth-order valence-corrected chi connectivity index (χ4v) is 1.97. The van der Waals surface area contributed by atoms with E-state index < -0.39 is 24.2 Å². The van der Waals surface area contributed by atoms with E-state index in [4.69, 9.17) is 16.3 Å². The summed E-state index contributed by atoms with van der Waals surface area (Å²) in [5, 5.41) is 0.0749. The Kier molecular flexibility index (Phi) is 3.86. The number of alkyl halides is 3. The number of rotatable bonds is 4. The lowest BCUT2D eigenvalue weighted by atomic mass is 10.1. The second-order valence-corrected chi connectivity index (χ2v) is 5.11. The number of methoxy groups -OCH3 is 1. The van der Waals surface area contributed by atoms with E-state index in [1.807, 2.05) is 0 Å². The van der Waals surface area contributed by atoms with Gasteiger partial charge in [0.25, 0.3) is 0 Å². The molecule has 1 saturated carbocycles. The van der Waals surface area contributed by atoms with Crippen LogP contribution in [-0.2, 0) is 4.74 Å². The first-order valence-corrected chi connectivity index (χ1v) is 6.24. The van der Waals surface area contributed by atoms with Crippen molar-refractivity contribution in [1.29, 1.82) is 0 Å². The molecule has 1 aliphatic rings. The molecular formula is C13H12ClF3O3. The van der Waals surface area contributed by atoms with Gasteiger partial charge in [0.2, 0.25) is 0 Å². The molecule has 0 amide bonds. The fourth-order valence-electron chi connectivity index (χ4n) is 1.74. The molecule has 0 spiro atoms. The van der Waals surface area contributed by atoms with Gasteiger partial charge in [-0.2, -0.15) is 13.2 Å². The zero-order valence-corrected chi connectivity index (χ0v) is 11.3. The lowest BCUT2D eigenvalue weighted by Crippen LogP contribution is -2.30. The van der Waals surface area contributed by atoms with Crippen molar-refractivity contribution >= 4 is 17.6 Å². The zero-order chi connectivity index (χ0) is 15.0. The smallest absolute Gasteiger partial charge is 0.397 e. The Bertz CT molecular complexity index is 524. The molecule has 0 heterocycles. The van der Waals surface area contributed by atoms with Gasteiger partial charge in [0.05, 0.1) is 17.7 Å². The molecule has 0 N–H and O–H groups in total. The Balaban J connectivity index is 2.06. The molecule has 2 rings (SSSR count). The van der Waals surface area contributed by atoms with Crippen molar-refractivity contribution in [2.24, 2.45) is 5.41 Å². The zero-order valence-electron chi connectivity index (χ0n) is 10.6. The van der Waals surface area contributed by atoms with Crippen LogP contribution >= 0.6 is 11.6 Å². The maximum atomic E-state index is 12.7. The number of benzene rings is 1. The number of hydrogen-bond donors (Lipinski definition) is 0. The Morgan fingerprint density at radius 3 is 2.50 bits per heavy atom. The summed E-state index contributed by atoms with van der Waals surface area (Å²) in [6, 6.07) is 4.05. The highest BCUT2D eigenvalue weighted by molar-refractivity contribution is 6.32. The van der Waals surface area contributed by atoms with Gasteiger partial charge >= 0.3 is 12.1 Å². The third kappa shape index (κ3) is 2.85. The van der Waals surface area contributed by atoms with Gasteiger partial charge in [0, 0.05) is 0 Å². The minimum Gasteiger partial charge on any atom is -0.491 e. The van der Waals surface area contributed by atoms with E-state index in [0.717, 1.165) is 0 Å². The van der Waals surface area contributed by atoms with Crippen LogP contribution in [0.15, 0.2) is 18.2 Å². The molecule has 7 heteroatoms. The van der Waals surface area contributed by atoms with Crippen molar-refractivity contribution in [3.05, 3.63) is 28.8 Å². The number of carbonyl (C=O) groups is 1. The van der Waals surface area contributed by atoms with Crippen molar-refractivity contribution in [3.63, 3.8) is 0 Å². The van der Waals surface area contributed by atoms with Crippen LogP contribution in [0, 0.1) is 5.41 Å². The highest BCUT2D eigenvalue weighted by Gasteiger charge is 2.63. The largest absolute Gasteiger partial charge is 0.491 e. The first kappa shape index (κ1) is 15.0. The van der Waals surface area contributed by atoms with Crippen molar-refractivity contribution in [1.82, 2.24) is 0 Å². The van der Waals surface area contributed by atoms with Gasteiger partial charge in [0.1, 0.15) is 17.8 Å². The lowest BCUT2D eigenvalue weighted by molar-refractivity contribution is -0.194. The highest BCUT2D eigenvalue weighted by atomic mass is 35.5. The molecule has 20 heavy (non-hydrogen) atoms. The van der Waals surface area contributed by atoms with E-state index in [1.54, 1.807) is 0 Å². The monoisotopic (exact) mass is 308 g/mol. The molecule has 0 aromatic heterocycles. The summed E-state index contributed by atoms with van der Waals surface area (Å²) in [6.07, 6.45) is -4.14. The predicted molar refractivity (Wildman–Crippen MR) is 66.0 cm³/mol. The van der Waals surface area contributed by atoms with Gasteiger partial charge in [-0.3, -0.25) is 0 Å². The normalized spacial score (nSPS) is 16.6. The Labute approximate surface area is 118 Å². The molecule has 0 radical (unpaired) electrons. The summed E-state index contributed by atoms with van der Waals surface area (Å²) in [5.74, 6) is -0.456. The summed E-state index contributed by atoms with van der Waals surface area (Å²) in [6.45, 7) is -0.464. The van der Waals surface area contributed by atoms with Crippen LogP contribution in [0.1, 0.15) is 23.2 Å². The fraction of sp³-hybridized carbons (Fsp3) is 0.462. The van der Waals surface area contributed by atoms with Crippen LogP contribution in [0.4, 0.5) is 13.2 Å². The van der Waals surface area contributed by atoms with Crippen molar-refractivity contribution in [2.45, 2.75) is 19.0 Å². The average Bonchev–Trinajstić information content (AvgIpc) is 3.17. The standard InChI is InChI=1S/C13H12ClF3O3/c1-19-11(18)8-2-3-10(9(14)6-8)20-7-12(4-5-12)13(15,16)17/h2-3,6H,4-5,7H2,1H3. The maximum Gasteiger partial charge on any atom is 0.397 e. The minimum absolute atomic E-state index is 0.0639. The molecule has 0 aliphatic heterocycles. The molecule has 1 aliphatic carbocycles. The van der Waals surface area contributed by atoms with E-state index in [-0.39, 0.29) is 29.2 Å². The van der Waals surface area contributed by atoms with Crippen LogP contribution in [0.25, 0.3) is 0 Å². The van der Waals surface area contributed by atoms with Crippen LogP contribution in [0.2, 0.25) is 5.02 Å². The topological polar surface area (TPSA) is 35.5 Å². The molecular weight excluding hydrogens is 297 g/mol. The van der Waals surface area contributed by atoms with Crippen LogP contribution in [0.3, 0.4) is 0 Å². The maximum absolute atomic E-state index is 12.7. The van der Waals surface area contributed by atoms with Crippen molar-refractivity contribution in [3.8, 4) is 5.75 Å². The van der Waals surface area contributed by atoms with Gasteiger partial charge in [-0.1, -0.05) is 11.6 Å². The second-order valence-electron chi connectivity index (χ2n) is 4.70. The SMILES string of the molecule is COC(=O)c1ccc(OCC2(C(F)(F)F)CC2)c(Cl)c1. The van der Waals surface area contributed by atoms with Gasteiger partial charge in [-0.15, -0.1) is 0 Å². The minimum atomic E-state index is -4.27. The number of carbonyl (C=O) groups excluding carboxylic acids is 1. The molecule has 110 valence electrons. The average molecular weight is 309 g/mol. The lowest BCUT2D eigenvalue weighted by Gasteiger charge is -2.20. The Morgan fingerprint density at radius 1 is 1.40 bits per heavy atom. The Hall–Kier alpha value is -1.43. The molecule has 0 atom stereocenters. The summed E-state index contributed by atoms with van der Waals surface area (Å²) >= 11 is 5.88. The Morgan fingerprint density at radius 2 is 2.05 bits per heavy atom. The van der Waals surface area contributed by atoms with E-state index in [1.165, 1.54) is 25.3 Å². The van der Waals surface area contributed by atoms with Gasteiger partial charge in [-0.25, -0.2) is 4.79 Å². The molecule has 1 aromatic carbocycles. The number of ether oxygens (including phenoxy) is 2.